The Morgan fingerprint density at radius 2 is 1.84 bits per heavy atom. The molecule has 0 aliphatic heterocycles. The quantitative estimate of drug-likeness (QED) is 0.299. The van der Waals surface area contributed by atoms with Crippen LogP contribution in [0.5, 0.6) is 0 Å². The van der Waals surface area contributed by atoms with Gasteiger partial charge in [-0.1, -0.05) is 44.2 Å². The molecule has 2 aromatic carbocycles. The fraction of sp³-hybridized carbons (Fsp3) is 0.323. The lowest BCUT2D eigenvalue weighted by Gasteiger charge is -2.49. The average molecular weight is 510 g/mol. The third kappa shape index (κ3) is 3.68. The average Bonchev–Trinajstić information content (AvgIpc) is 2.94. The molecule has 0 bridgehead atoms. The molecule has 6 nitrogen and oxygen atoms in total. The summed E-state index contributed by atoms with van der Waals surface area (Å²) < 4.78 is 15.2. The lowest BCUT2D eigenvalue weighted by Crippen LogP contribution is -2.51. The summed E-state index contributed by atoms with van der Waals surface area (Å²) in [6.07, 6.45) is 2.47. The number of benzene rings is 2. The van der Waals surface area contributed by atoms with Crippen molar-refractivity contribution in [3.8, 4) is 22.6 Å². The second-order valence-corrected chi connectivity index (χ2v) is 10.7. The number of para-hydroxylation sites is 1. The van der Waals surface area contributed by atoms with Crippen molar-refractivity contribution >= 4 is 23.0 Å². The highest BCUT2D eigenvalue weighted by Crippen LogP contribution is 2.53. The standard InChI is InChI=1S/C31H28FN3O3/c1-17-24-12-11-22-27(21-8-3-5-9-25(21)32)34-30(35-29(22)31(24,2)14-18(15-36)28(17)38)23-13-19(16-37)33-26-10-6-4-7-20(23)26/h3-10,13,15,17-18,24,37H,11-12,14,16H2,1-2H3/t17-,18?,24-,31-/m1/s1. The molecular weight excluding hydrogens is 481 g/mol. The maximum atomic E-state index is 15.2. The van der Waals surface area contributed by atoms with Gasteiger partial charge in [0.2, 0.25) is 0 Å². The van der Waals surface area contributed by atoms with Gasteiger partial charge in [-0.05, 0) is 49.4 Å². The third-order valence-electron chi connectivity index (χ3n) is 8.60. The summed E-state index contributed by atoms with van der Waals surface area (Å²) in [5, 5.41) is 10.7. The first kappa shape index (κ1) is 24.5. The van der Waals surface area contributed by atoms with Gasteiger partial charge in [-0.25, -0.2) is 14.4 Å². The largest absolute Gasteiger partial charge is 0.390 e. The first-order valence-electron chi connectivity index (χ1n) is 13.0. The number of carbonyl (C=O) groups excluding carboxylic acids is 2. The zero-order valence-electron chi connectivity index (χ0n) is 21.3. The van der Waals surface area contributed by atoms with E-state index in [2.05, 4.69) is 11.9 Å². The Morgan fingerprint density at radius 1 is 1.08 bits per heavy atom. The Balaban J connectivity index is 1.67. The summed E-state index contributed by atoms with van der Waals surface area (Å²) in [6.45, 7) is 3.75. The number of halogens is 1. The van der Waals surface area contributed by atoms with Crippen molar-refractivity contribution in [1.82, 2.24) is 15.0 Å². The number of aldehydes is 1. The van der Waals surface area contributed by atoms with Crippen LogP contribution in [0.2, 0.25) is 0 Å². The van der Waals surface area contributed by atoms with Crippen LogP contribution >= 0.6 is 0 Å². The highest BCUT2D eigenvalue weighted by Gasteiger charge is 2.53. The minimum Gasteiger partial charge on any atom is -0.390 e. The molecule has 0 amide bonds. The molecule has 4 atom stereocenters. The van der Waals surface area contributed by atoms with Gasteiger partial charge in [-0.2, -0.15) is 0 Å². The summed E-state index contributed by atoms with van der Waals surface area (Å²) in [6, 6.07) is 15.9. The van der Waals surface area contributed by atoms with Crippen LogP contribution in [0.1, 0.15) is 43.6 Å². The van der Waals surface area contributed by atoms with Gasteiger partial charge in [0.25, 0.3) is 0 Å². The number of hydrogen-bond acceptors (Lipinski definition) is 6. The molecule has 1 unspecified atom stereocenters. The molecule has 7 heteroatoms. The summed E-state index contributed by atoms with van der Waals surface area (Å²) in [5.74, 6) is -0.950. The summed E-state index contributed by atoms with van der Waals surface area (Å²) in [4.78, 5) is 39.5. The molecule has 2 heterocycles. The number of nitrogens with zero attached hydrogens (tertiary/aromatic N) is 3. The van der Waals surface area contributed by atoms with E-state index >= 15 is 4.39 Å². The highest BCUT2D eigenvalue weighted by molar-refractivity contribution is 5.96. The van der Waals surface area contributed by atoms with Gasteiger partial charge in [-0.15, -0.1) is 0 Å². The molecule has 4 aromatic rings. The first-order chi connectivity index (χ1) is 18.4. The van der Waals surface area contributed by atoms with Crippen molar-refractivity contribution in [2.45, 2.75) is 45.1 Å². The topological polar surface area (TPSA) is 93.0 Å². The van der Waals surface area contributed by atoms with Crippen molar-refractivity contribution in [2.75, 3.05) is 0 Å². The molecule has 2 aliphatic rings. The Bertz CT molecular complexity index is 1600. The van der Waals surface area contributed by atoms with Gasteiger partial charge < -0.3 is 9.90 Å². The number of rotatable bonds is 4. The summed E-state index contributed by atoms with van der Waals surface area (Å²) in [5.41, 5.74) is 3.87. The summed E-state index contributed by atoms with van der Waals surface area (Å²) in [7, 11) is 0. The van der Waals surface area contributed by atoms with Crippen molar-refractivity contribution in [3.63, 3.8) is 0 Å². The molecule has 6 rings (SSSR count). The minimum absolute atomic E-state index is 0.0112. The van der Waals surface area contributed by atoms with E-state index in [9.17, 15) is 14.7 Å². The number of fused-ring (bicyclic) bond motifs is 4. The number of Topliss-reactive ketones (excluding diaryl/α,β-unsaturated/α-hetero) is 1. The van der Waals surface area contributed by atoms with Gasteiger partial charge in [0, 0.05) is 33.4 Å². The van der Waals surface area contributed by atoms with Crippen LogP contribution in [-0.2, 0) is 28.0 Å². The van der Waals surface area contributed by atoms with Crippen molar-refractivity contribution in [1.29, 1.82) is 0 Å². The second kappa shape index (κ2) is 9.17. The lowest BCUT2D eigenvalue weighted by atomic mass is 9.54. The monoisotopic (exact) mass is 509 g/mol. The van der Waals surface area contributed by atoms with Gasteiger partial charge in [0.15, 0.2) is 5.82 Å². The normalized spacial score (nSPS) is 24.6. The number of pyridine rings is 1. The van der Waals surface area contributed by atoms with Crippen molar-refractivity contribution in [2.24, 2.45) is 17.8 Å². The fourth-order valence-corrected chi connectivity index (χ4v) is 6.74. The number of hydrogen-bond donors (Lipinski definition) is 1. The van der Waals surface area contributed by atoms with Crippen molar-refractivity contribution in [3.05, 3.63) is 77.4 Å². The van der Waals surface area contributed by atoms with E-state index in [0.717, 1.165) is 29.4 Å². The smallest absolute Gasteiger partial charge is 0.160 e. The highest BCUT2D eigenvalue weighted by atomic mass is 19.1. The van der Waals surface area contributed by atoms with Crippen LogP contribution in [0.4, 0.5) is 4.39 Å². The predicted molar refractivity (Wildman–Crippen MR) is 142 cm³/mol. The molecule has 2 aliphatic carbocycles. The fourth-order valence-electron chi connectivity index (χ4n) is 6.74. The van der Waals surface area contributed by atoms with Crippen LogP contribution in [0.3, 0.4) is 0 Å². The van der Waals surface area contributed by atoms with E-state index in [1.54, 1.807) is 24.3 Å². The Kier molecular flexibility index (Phi) is 5.91. The Morgan fingerprint density at radius 3 is 2.61 bits per heavy atom. The van der Waals surface area contributed by atoms with Gasteiger partial charge in [0.05, 0.1) is 35.1 Å². The summed E-state index contributed by atoms with van der Waals surface area (Å²) >= 11 is 0. The second-order valence-electron chi connectivity index (χ2n) is 10.7. The van der Waals surface area contributed by atoms with E-state index in [1.165, 1.54) is 6.07 Å². The molecule has 1 saturated carbocycles. The van der Waals surface area contributed by atoms with Crippen LogP contribution in [0, 0.1) is 23.6 Å². The SMILES string of the molecule is C[C@H]1C(=O)C(C=O)C[C@@]2(C)c3nc(-c4cc(CO)nc5ccccc45)nc(-c4ccccc4F)c3CC[C@H]12. The molecule has 2 aromatic heterocycles. The van der Waals surface area contributed by atoms with Crippen LogP contribution in [0.15, 0.2) is 54.6 Å². The zero-order valence-corrected chi connectivity index (χ0v) is 21.3. The van der Waals surface area contributed by atoms with Crippen molar-refractivity contribution < 1.29 is 19.1 Å². The molecule has 192 valence electrons. The predicted octanol–water partition coefficient (Wildman–Crippen LogP) is 5.23. The number of carbonyl (C=O) groups is 2. The van der Waals surface area contributed by atoms with E-state index in [1.807, 2.05) is 31.2 Å². The molecule has 0 spiro atoms. The number of aliphatic hydroxyl groups is 1. The van der Waals surface area contributed by atoms with E-state index < -0.39 is 11.3 Å². The molecule has 0 saturated heterocycles. The zero-order chi connectivity index (χ0) is 26.6. The number of ketones is 1. The molecule has 0 radical (unpaired) electrons. The maximum Gasteiger partial charge on any atom is 0.160 e. The van der Waals surface area contributed by atoms with Gasteiger partial charge >= 0.3 is 0 Å². The van der Waals surface area contributed by atoms with Crippen LogP contribution < -0.4 is 0 Å². The van der Waals surface area contributed by atoms with Crippen LogP contribution in [0.25, 0.3) is 33.5 Å². The number of aliphatic hydroxyl groups excluding tert-OH is 1. The Labute approximate surface area is 220 Å². The Hall–Kier alpha value is -3.84. The minimum atomic E-state index is -0.699. The van der Waals surface area contributed by atoms with E-state index in [0.29, 0.717) is 46.7 Å². The number of aromatic nitrogens is 3. The molecule has 1 fully saturated rings. The van der Waals surface area contributed by atoms with Crippen LogP contribution in [-0.4, -0.2) is 32.1 Å². The third-order valence-corrected chi connectivity index (χ3v) is 8.60. The van der Waals surface area contributed by atoms with E-state index in [4.69, 9.17) is 9.97 Å². The van der Waals surface area contributed by atoms with Gasteiger partial charge in [-0.3, -0.25) is 9.78 Å². The molecule has 38 heavy (non-hydrogen) atoms. The van der Waals surface area contributed by atoms with Gasteiger partial charge in [0.1, 0.15) is 17.9 Å². The molecular formula is C31H28FN3O3. The molecule has 1 N–H and O–H groups in total. The lowest BCUT2D eigenvalue weighted by molar-refractivity contribution is -0.137. The van der Waals surface area contributed by atoms with E-state index in [-0.39, 0.29) is 30.0 Å². The first-order valence-corrected chi connectivity index (χ1v) is 13.0. The maximum absolute atomic E-state index is 15.2.